The van der Waals surface area contributed by atoms with Crippen LogP contribution in [0, 0.1) is 6.92 Å². The zero-order valence-electron chi connectivity index (χ0n) is 11.3. The minimum atomic E-state index is -3.42. The van der Waals surface area contributed by atoms with Crippen molar-refractivity contribution in [3.8, 4) is 0 Å². The Labute approximate surface area is 118 Å². The zero-order chi connectivity index (χ0) is 14.5. The highest BCUT2D eigenvalue weighted by molar-refractivity contribution is 7.91. The van der Waals surface area contributed by atoms with E-state index in [0.29, 0.717) is 16.7 Å². The molecule has 0 bridgehead atoms. The molecule has 0 aliphatic rings. The first-order chi connectivity index (χ1) is 8.81. The summed E-state index contributed by atoms with van der Waals surface area (Å²) in [5.74, 6) is 0.321. The number of nitrogens with zero attached hydrogens (tertiary/aromatic N) is 1. The predicted molar refractivity (Wildman–Crippen MR) is 79.0 cm³/mol. The van der Waals surface area contributed by atoms with Gasteiger partial charge in [0.2, 0.25) is 10.0 Å². The van der Waals surface area contributed by atoms with Crippen LogP contribution in [0.1, 0.15) is 18.7 Å². The van der Waals surface area contributed by atoms with Crippen molar-refractivity contribution in [3.05, 3.63) is 17.0 Å². The van der Waals surface area contributed by atoms with Crippen LogP contribution in [0.25, 0.3) is 0 Å². The van der Waals surface area contributed by atoms with Crippen molar-refractivity contribution in [1.29, 1.82) is 0 Å². The van der Waals surface area contributed by atoms with Crippen LogP contribution in [0.2, 0.25) is 0 Å². The molecule has 0 spiro atoms. The molecule has 0 aromatic carbocycles. The molecule has 8 heteroatoms. The molecule has 1 aromatic rings. The maximum Gasteiger partial charge on any atom is 0.250 e. The lowest BCUT2D eigenvalue weighted by atomic mass is 10.4. The quantitative estimate of drug-likeness (QED) is 0.408. The molecule has 0 aliphatic heterocycles. The fraction of sp³-hybridized carbons (Fsp3) is 0.545. The van der Waals surface area contributed by atoms with E-state index in [0.717, 1.165) is 4.88 Å². The maximum absolute atomic E-state index is 11.9. The monoisotopic (exact) mass is 304 g/mol. The van der Waals surface area contributed by atoms with Gasteiger partial charge >= 0.3 is 0 Å². The molecular formula is C11H20N4O2S2. The van der Waals surface area contributed by atoms with Gasteiger partial charge in [0.25, 0.3) is 0 Å². The molecule has 0 unspecified atom stereocenters. The van der Waals surface area contributed by atoms with Crippen molar-refractivity contribution in [1.82, 2.24) is 10.0 Å². The van der Waals surface area contributed by atoms with E-state index in [4.69, 9.17) is 5.73 Å². The minimum absolute atomic E-state index is 0.203. The number of aryl methyl sites for hydroxylation is 1. The van der Waals surface area contributed by atoms with E-state index in [1.165, 1.54) is 11.3 Å². The van der Waals surface area contributed by atoms with Crippen molar-refractivity contribution in [2.45, 2.75) is 31.0 Å². The number of rotatable bonds is 6. The third kappa shape index (κ3) is 5.58. The summed E-state index contributed by atoms with van der Waals surface area (Å²) in [5.41, 5.74) is 5.60. The first-order valence-electron chi connectivity index (χ1n) is 5.94. The van der Waals surface area contributed by atoms with Gasteiger partial charge in [-0.15, -0.1) is 11.3 Å². The Morgan fingerprint density at radius 2 is 2.16 bits per heavy atom. The van der Waals surface area contributed by atoms with Crippen LogP contribution in [-0.4, -0.2) is 33.5 Å². The standard InChI is InChI=1S/C11H20N4O2S2/c1-8(2)15-11(12)13-6-7-14-19(16,17)10-5-4-9(3)18-10/h4-5,8,14H,6-7H2,1-3H3,(H3,12,13,15). The van der Waals surface area contributed by atoms with Gasteiger partial charge in [0.15, 0.2) is 5.96 Å². The Morgan fingerprint density at radius 1 is 1.47 bits per heavy atom. The summed E-state index contributed by atoms with van der Waals surface area (Å²) in [6, 6.07) is 3.58. The highest BCUT2D eigenvalue weighted by Gasteiger charge is 2.14. The van der Waals surface area contributed by atoms with E-state index < -0.39 is 10.0 Å². The minimum Gasteiger partial charge on any atom is -0.370 e. The first kappa shape index (κ1) is 15.9. The molecule has 4 N–H and O–H groups in total. The van der Waals surface area contributed by atoms with Gasteiger partial charge in [-0.05, 0) is 32.9 Å². The highest BCUT2D eigenvalue weighted by atomic mass is 32.2. The Bertz CT molecular complexity index is 535. The lowest BCUT2D eigenvalue weighted by Gasteiger charge is -2.08. The van der Waals surface area contributed by atoms with Crippen LogP contribution in [0.4, 0.5) is 0 Å². The number of nitrogens with two attached hydrogens (primary N) is 1. The van der Waals surface area contributed by atoms with Crippen molar-refractivity contribution in [2.75, 3.05) is 13.1 Å². The van der Waals surface area contributed by atoms with E-state index in [9.17, 15) is 8.42 Å². The molecule has 0 fully saturated rings. The number of hydrogen-bond acceptors (Lipinski definition) is 4. The van der Waals surface area contributed by atoms with E-state index in [1.54, 1.807) is 12.1 Å². The largest absolute Gasteiger partial charge is 0.370 e. The van der Waals surface area contributed by atoms with Crippen molar-refractivity contribution in [3.63, 3.8) is 0 Å². The summed E-state index contributed by atoms with van der Waals surface area (Å²) in [5, 5.41) is 2.93. The van der Waals surface area contributed by atoms with E-state index in [-0.39, 0.29) is 12.6 Å². The van der Waals surface area contributed by atoms with E-state index in [1.807, 2.05) is 20.8 Å². The lowest BCUT2D eigenvalue weighted by Crippen LogP contribution is -2.37. The summed E-state index contributed by atoms with van der Waals surface area (Å²) < 4.78 is 26.6. The van der Waals surface area contributed by atoms with Crippen molar-refractivity contribution < 1.29 is 8.42 Å². The van der Waals surface area contributed by atoms with Gasteiger partial charge in [-0.2, -0.15) is 0 Å². The normalized spacial score (nSPS) is 12.9. The average molecular weight is 304 g/mol. The van der Waals surface area contributed by atoms with E-state index in [2.05, 4.69) is 15.0 Å². The van der Waals surface area contributed by atoms with Crippen LogP contribution in [0.15, 0.2) is 21.3 Å². The molecule has 19 heavy (non-hydrogen) atoms. The summed E-state index contributed by atoms with van der Waals surface area (Å²) >= 11 is 1.24. The summed E-state index contributed by atoms with van der Waals surface area (Å²) in [6.45, 7) is 6.29. The van der Waals surface area contributed by atoms with Crippen LogP contribution in [0.5, 0.6) is 0 Å². The van der Waals surface area contributed by atoms with Crippen molar-refractivity contribution in [2.24, 2.45) is 10.7 Å². The van der Waals surface area contributed by atoms with Gasteiger partial charge in [0.1, 0.15) is 4.21 Å². The Hall–Kier alpha value is -1.12. The molecule has 0 aliphatic carbocycles. The molecule has 0 amide bonds. The van der Waals surface area contributed by atoms with E-state index >= 15 is 0 Å². The van der Waals surface area contributed by atoms with Crippen molar-refractivity contribution >= 4 is 27.3 Å². The Morgan fingerprint density at radius 3 is 2.68 bits per heavy atom. The van der Waals surface area contributed by atoms with Gasteiger partial charge in [0, 0.05) is 17.5 Å². The van der Waals surface area contributed by atoms with Gasteiger partial charge in [-0.25, -0.2) is 13.1 Å². The zero-order valence-corrected chi connectivity index (χ0v) is 12.9. The number of hydrogen-bond donors (Lipinski definition) is 3. The average Bonchev–Trinajstić information content (AvgIpc) is 2.71. The second-order valence-electron chi connectivity index (χ2n) is 4.33. The molecular weight excluding hydrogens is 284 g/mol. The molecule has 0 radical (unpaired) electrons. The van der Waals surface area contributed by atoms with Gasteiger partial charge < -0.3 is 11.1 Å². The van der Waals surface area contributed by atoms with Gasteiger partial charge in [0.05, 0.1) is 6.54 Å². The van der Waals surface area contributed by atoms with Crippen LogP contribution < -0.4 is 15.8 Å². The number of nitrogens with one attached hydrogen (secondary N) is 2. The third-order valence-corrected chi connectivity index (χ3v) is 5.06. The molecule has 0 saturated heterocycles. The molecule has 1 rings (SSSR count). The Balaban J connectivity index is 2.45. The molecule has 108 valence electrons. The molecule has 1 aromatic heterocycles. The van der Waals surface area contributed by atoms with Crippen LogP contribution in [0.3, 0.4) is 0 Å². The number of sulfonamides is 1. The smallest absolute Gasteiger partial charge is 0.250 e. The Kier molecular flexibility index (Phi) is 5.77. The summed E-state index contributed by atoms with van der Waals surface area (Å²) in [6.07, 6.45) is 0. The summed E-state index contributed by atoms with van der Waals surface area (Å²) in [7, 11) is -3.42. The fourth-order valence-electron chi connectivity index (χ4n) is 1.33. The highest BCUT2D eigenvalue weighted by Crippen LogP contribution is 2.19. The first-order valence-corrected chi connectivity index (χ1v) is 8.24. The fourth-order valence-corrected chi connectivity index (χ4v) is 3.67. The molecule has 0 atom stereocenters. The molecule has 0 saturated carbocycles. The predicted octanol–water partition coefficient (Wildman–Crippen LogP) is 0.648. The molecule has 6 nitrogen and oxygen atoms in total. The van der Waals surface area contributed by atoms with Crippen LogP contribution >= 0.6 is 11.3 Å². The lowest BCUT2D eigenvalue weighted by molar-refractivity contribution is 0.584. The van der Waals surface area contributed by atoms with Gasteiger partial charge in [-0.1, -0.05) is 0 Å². The van der Waals surface area contributed by atoms with Crippen LogP contribution in [-0.2, 0) is 10.0 Å². The maximum atomic E-state index is 11.9. The number of aliphatic imine (C=N–C) groups is 1. The number of guanidine groups is 1. The second-order valence-corrected chi connectivity index (χ2v) is 7.61. The third-order valence-electron chi connectivity index (χ3n) is 2.10. The second kappa shape index (κ2) is 6.88. The summed E-state index contributed by atoms with van der Waals surface area (Å²) in [4.78, 5) is 4.99. The topological polar surface area (TPSA) is 96.6 Å². The van der Waals surface area contributed by atoms with Gasteiger partial charge in [-0.3, -0.25) is 4.99 Å². The SMILES string of the molecule is Cc1ccc(S(=O)(=O)NCCN=C(N)NC(C)C)s1. The number of thiophene rings is 1. The molecule has 1 heterocycles.